The van der Waals surface area contributed by atoms with Gasteiger partial charge in [0.15, 0.2) is 5.13 Å². The predicted octanol–water partition coefficient (Wildman–Crippen LogP) is 5.06. The Hall–Kier alpha value is -2.86. The molecule has 0 saturated heterocycles. The van der Waals surface area contributed by atoms with Crippen LogP contribution in [0.4, 0.5) is 10.9 Å². The van der Waals surface area contributed by atoms with Crippen LogP contribution in [0, 0.1) is 0 Å². The highest BCUT2D eigenvalue weighted by Crippen LogP contribution is 2.32. The average Bonchev–Trinajstić information content (AvgIpc) is 3.22. The molecule has 5 nitrogen and oxygen atoms in total. The summed E-state index contributed by atoms with van der Waals surface area (Å²) in [6.07, 6.45) is 9.68. The van der Waals surface area contributed by atoms with Gasteiger partial charge in [0.05, 0.1) is 44.0 Å². The average molecular weight is 435 g/mol. The normalized spacial score (nSPS) is 15.0. The molecule has 1 saturated carbocycles. The lowest BCUT2D eigenvalue weighted by atomic mass is 9.58. The molecule has 0 unspecified atom stereocenters. The van der Waals surface area contributed by atoms with Gasteiger partial charge in [-0.05, 0) is 35.9 Å². The zero-order valence-electron chi connectivity index (χ0n) is 17.8. The van der Waals surface area contributed by atoms with Crippen molar-refractivity contribution < 1.29 is 0 Å². The second-order valence-electron chi connectivity index (χ2n) is 8.33. The van der Waals surface area contributed by atoms with Crippen LogP contribution in [0.15, 0.2) is 60.9 Å². The maximum atomic E-state index is 6.47. The smallest absolute Gasteiger partial charge is 0.184 e. The van der Waals surface area contributed by atoms with E-state index < -0.39 is 5.34 Å². The molecule has 1 fully saturated rings. The third-order valence-corrected chi connectivity index (χ3v) is 6.79. The first-order valence-electron chi connectivity index (χ1n) is 11.0. The molecule has 156 valence electrons. The fourth-order valence-electron chi connectivity index (χ4n) is 4.12. The van der Waals surface area contributed by atoms with Gasteiger partial charge < -0.3 is 10.6 Å². The molecule has 5 rings (SSSR count). The van der Waals surface area contributed by atoms with Gasteiger partial charge in [0.1, 0.15) is 5.82 Å². The standard InChI is InChI=1S/C24H23B2N5S/c25-24(26,31-22-15-27-14-20(29-22)16-7-3-1-4-8-16)17-11-12-19-21(13-17)32-23(30-19)28-18-9-5-2-6-10-18/h1,3-4,7-8,11-15,18H,2,5-6,9-10H2,(H,28,30)(H,29,31). The number of aromatic nitrogens is 3. The fourth-order valence-corrected chi connectivity index (χ4v) is 5.11. The van der Waals surface area contributed by atoms with E-state index >= 15 is 0 Å². The Morgan fingerprint density at radius 2 is 1.75 bits per heavy atom. The van der Waals surface area contributed by atoms with E-state index in [0.29, 0.717) is 11.9 Å². The lowest BCUT2D eigenvalue weighted by molar-refractivity contribution is 0.462. The van der Waals surface area contributed by atoms with Gasteiger partial charge in [0, 0.05) is 11.6 Å². The molecule has 2 N–H and O–H groups in total. The largest absolute Gasteiger partial charge is 0.376 e. The first-order chi connectivity index (χ1) is 15.6. The number of fused-ring (bicyclic) bond motifs is 1. The Kier molecular flexibility index (Phi) is 5.87. The monoisotopic (exact) mass is 435 g/mol. The number of nitrogens with zero attached hydrogens (tertiary/aromatic N) is 3. The molecule has 1 aliphatic carbocycles. The predicted molar refractivity (Wildman–Crippen MR) is 134 cm³/mol. The van der Waals surface area contributed by atoms with Gasteiger partial charge in [-0.1, -0.05) is 67.0 Å². The van der Waals surface area contributed by atoms with Crippen LogP contribution < -0.4 is 10.6 Å². The van der Waals surface area contributed by atoms with Crippen molar-refractivity contribution in [1.29, 1.82) is 0 Å². The van der Waals surface area contributed by atoms with Crippen molar-refractivity contribution >= 4 is 48.2 Å². The van der Waals surface area contributed by atoms with Gasteiger partial charge in [0.2, 0.25) is 0 Å². The summed E-state index contributed by atoms with van der Waals surface area (Å²) in [7, 11) is 12.9. The van der Waals surface area contributed by atoms with E-state index in [1.807, 2.05) is 48.5 Å². The molecule has 0 spiro atoms. The molecule has 0 bridgehead atoms. The topological polar surface area (TPSA) is 62.7 Å². The van der Waals surface area contributed by atoms with Crippen molar-refractivity contribution in [3.8, 4) is 11.3 Å². The van der Waals surface area contributed by atoms with Crippen LogP contribution in [0.5, 0.6) is 0 Å². The van der Waals surface area contributed by atoms with Gasteiger partial charge in [-0.2, -0.15) is 0 Å². The molecule has 2 aromatic carbocycles. The Labute approximate surface area is 194 Å². The molecule has 0 aliphatic heterocycles. The van der Waals surface area contributed by atoms with Crippen LogP contribution in [-0.2, 0) is 5.34 Å². The van der Waals surface area contributed by atoms with E-state index in [2.05, 4.69) is 20.6 Å². The zero-order valence-corrected chi connectivity index (χ0v) is 18.6. The molecular formula is C24H23B2N5S. The first-order valence-corrected chi connectivity index (χ1v) is 11.8. The maximum absolute atomic E-state index is 6.47. The van der Waals surface area contributed by atoms with Crippen molar-refractivity contribution in [2.24, 2.45) is 0 Å². The number of nitrogens with one attached hydrogen (secondary N) is 2. The molecule has 32 heavy (non-hydrogen) atoms. The molecule has 2 aromatic heterocycles. The van der Waals surface area contributed by atoms with Crippen LogP contribution in [0.1, 0.15) is 37.7 Å². The third-order valence-electron chi connectivity index (χ3n) is 5.84. The zero-order chi connectivity index (χ0) is 22.0. The molecule has 0 amide bonds. The third kappa shape index (κ3) is 4.65. The molecule has 8 heteroatoms. The summed E-state index contributed by atoms with van der Waals surface area (Å²) in [5.74, 6) is 0.514. The summed E-state index contributed by atoms with van der Waals surface area (Å²) in [4.78, 5) is 13.7. The van der Waals surface area contributed by atoms with Crippen LogP contribution in [0.2, 0.25) is 0 Å². The van der Waals surface area contributed by atoms with E-state index in [1.165, 1.54) is 32.1 Å². The van der Waals surface area contributed by atoms with Gasteiger partial charge in [0.25, 0.3) is 0 Å². The summed E-state index contributed by atoms with van der Waals surface area (Å²) in [5, 5.41) is 6.38. The van der Waals surface area contributed by atoms with E-state index in [9.17, 15) is 0 Å². The van der Waals surface area contributed by atoms with Crippen molar-refractivity contribution in [2.45, 2.75) is 43.5 Å². The van der Waals surface area contributed by atoms with Crippen LogP contribution in [0.3, 0.4) is 0 Å². The summed E-state index contributed by atoms with van der Waals surface area (Å²) < 4.78 is 1.05. The van der Waals surface area contributed by atoms with Crippen molar-refractivity contribution in [1.82, 2.24) is 15.0 Å². The minimum atomic E-state index is -1.31. The lowest BCUT2D eigenvalue weighted by Crippen LogP contribution is -2.36. The lowest BCUT2D eigenvalue weighted by Gasteiger charge is -2.29. The summed E-state index contributed by atoms with van der Waals surface area (Å²) in [6, 6.07) is 16.3. The van der Waals surface area contributed by atoms with Crippen LogP contribution in [-0.4, -0.2) is 36.7 Å². The molecular weight excluding hydrogens is 412 g/mol. The minimum absolute atomic E-state index is 0.514. The number of thiazole rings is 1. The second-order valence-corrected chi connectivity index (χ2v) is 9.36. The summed E-state index contributed by atoms with van der Waals surface area (Å²) >= 11 is 1.64. The van der Waals surface area contributed by atoms with E-state index in [-0.39, 0.29) is 0 Å². The fraction of sp³-hybridized carbons (Fsp3) is 0.292. The molecule has 0 atom stereocenters. The van der Waals surface area contributed by atoms with Crippen LogP contribution in [0.25, 0.3) is 21.5 Å². The molecule has 1 aliphatic rings. The van der Waals surface area contributed by atoms with Gasteiger partial charge >= 0.3 is 0 Å². The molecule has 4 radical (unpaired) electrons. The Bertz CT molecular complexity index is 1210. The Morgan fingerprint density at radius 1 is 0.938 bits per heavy atom. The number of hydrogen-bond acceptors (Lipinski definition) is 6. The number of hydrogen-bond donors (Lipinski definition) is 2. The Balaban J connectivity index is 1.35. The summed E-state index contributed by atoms with van der Waals surface area (Å²) in [5.41, 5.74) is 3.43. The minimum Gasteiger partial charge on any atom is -0.376 e. The second kappa shape index (κ2) is 8.94. The number of rotatable bonds is 6. The van der Waals surface area contributed by atoms with Crippen molar-refractivity contribution in [2.75, 3.05) is 10.6 Å². The highest BCUT2D eigenvalue weighted by Gasteiger charge is 2.22. The van der Waals surface area contributed by atoms with E-state index in [4.69, 9.17) is 20.7 Å². The number of anilines is 2. The van der Waals surface area contributed by atoms with Crippen LogP contribution >= 0.6 is 11.3 Å². The van der Waals surface area contributed by atoms with E-state index in [1.54, 1.807) is 23.7 Å². The SMILES string of the molecule is [B]C([B])(Nc1cncc(-c2ccccc2)n1)c1ccc2nc(NC3CCCCC3)sc2c1. The quantitative estimate of drug-likeness (QED) is 0.415. The maximum Gasteiger partial charge on any atom is 0.184 e. The molecule has 4 aromatic rings. The molecule has 2 heterocycles. The first kappa shape index (κ1) is 21.0. The van der Waals surface area contributed by atoms with Crippen molar-refractivity contribution in [3.63, 3.8) is 0 Å². The summed E-state index contributed by atoms with van der Waals surface area (Å²) in [6.45, 7) is 0. The number of benzene rings is 2. The highest BCUT2D eigenvalue weighted by molar-refractivity contribution is 7.22. The van der Waals surface area contributed by atoms with Crippen molar-refractivity contribution in [3.05, 3.63) is 66.5 Å². The van der Waals surface area contributed by atoms with Gasteiger partial charge in [-0.25, -0.2) is 9.97 Å². The van der Waals surface area contributed by atoms with Gasteiger partial charge in [-0.15, -0.1) is 0 Å². The Morgan fingerprint density at radius 3 is 2.56 bits per heavy atom. The van der Waals surface area contributed by atoms with E-state index in [0.717, 1.165) is 32.2 Å². The highest BCUT2D eigenvalue weighted by atomic mass is 32.1. The van der Waals surface area contributed by atoms with Gasteiger partial charge in [-0.3, -0.25) is 4.98 Å².